The molecule has 0 aromatic heterocycles. The number of nitrogens with two attached hydrogens (primary N) is 1. The van der Waals surface area contributed by atoms with Gasteiger partial charge < -0.3 is 15.9 Å². The van der Waals surface area contributed by atoms with Gasteiger partial charge in [-0.15, -0.1) is 0 Å². The number of carboxylic acid groups (broad SMARTS) is 1. The molecule has 0 bridgehead atoms. The van der Waals surface area contributed by atoms with Crippen LogP contribution in [0.15, 0.2) is 18.2 Å². The number of aromatic hydroxyl groups is 1. The molecule has 0 aliphatic rings. The van der Waals surface area contributed by atoms with Crippen LogP contribution in [0.3, 0.4) is 0 Å². The van der Waals surface area contributed by atoms with Crippen molar-refractivity contribution in [2.45, 2.75) is 12.5 Å². The summed E-state index contributed by atoms with van der Waals surface area (Å²) >= 11 is 0. The van der Waals surface area contributed by atoms with E-state index >= 15 is 0 Å². The summed E-state index contributed by atoms with van der Waals surface area (Å²) in [4.78, 5) is 10.4. The molecule has 0 unspecified atom stereocenters. The van der Waals surface area contributed by atoms with Crippen molar-refractivity contribution in [1.82, 2.24) is 0 Å². The van der Waals surface area contributed by atoms with E-state index in [-0.39, 0.29) is 12.0 Å². The Hall–Kier alpha value is -1.62. The van der Waals surface area contributed by atoms with E-state index in [1.807, 2.05) is 0 Å². The molecule has 14 heavy (non-hydrogen) atoms. The quantitative estimate of drug-likeness (QED) is 0.661. The minimum absolute atomic E-state index is 0.0971. The number of halogens is 1. The van der Waals surface area contributed by atoms with Gasteiger partial charge in [-0.1, -0.05) is 12.1 Å². The number of rotatable bonds is 3. The molecule has 4 nitrogen and oxygen atoms in total. The van der Waals surface area contributed by atoms with Gasteiger partial charge >= 0.3 is 5.97 Å². The highest BCUT2D eigenvalue weighted by Gasteiger charge is 2.15. The van der Waals surface area contributed by atoms with Crippen LogP contribution in [0.25, 0.3) is 0 Å². The maximum Gasteiger partial charge on any atom is 0.320 e. The van der Waals surface area contributed by atoms with E-state index in [0.29, 0.717) is 0 Å². The van der Waals surface area contributed by atoms with Crippen molar-refractivity contribution in [2.75, 3.05) is 0 Å². The molecule has 1 aromatic carbocycles. The summed E-state index contributed by atoms with van der Waals surface area (Å²) in [6.07, 6.45) is -0.143. The summed E-state index contributed by atoms with van der Waals surface area (Å²) in [6.45, 7) is 0. The lowest BCUT2D eigenvalue weighted by molar-refractivity contribution is -0.138. The third-order valence-electron chi connectivity index (χ3n) is 1.82. The predicted molar refractivity (Wildman–Crippen MR) is 47.4 cm³/mol. The normalized spacial score (nSPS) is 12.4. The fourth-order valence-electron chi connectivity index (χ4n) is 1.05. The van der Waals surface area contributed by atoms with Gasteiger partial charge in [-0.25, -0.2) is 4.39 Å². The van der Waals surface area contributed by atoms with Crippen LogP contribution in [-0.2, 0) is 11.2 Å². The lowest BCUT2D eigenvalue weighted by Crippen LogP contribution is -2.32. The molecular formula is C9H10FNO3. The highest BCUT2D eigenvalue weighted by Crippen LogP contribution is 2.19. The van der Waals surface area contributed by atoms with Crippen molar-refractivity contribution >= 4 is 5.97 Å². The summed E-state index contributed by atoms with van der Waals surface area (Å²) in [6, 6.07) is 2.84. The van der Waals surface area contributed by atoms with Crippen LogP contribution in [0.1, 0.15) is 5.56 Å². The van der Waals surface area contributed by atoms with Crippen molar-refractivity contribution in [3.63, 3.8) is 0 Å². The van der Waals surface area contributed by atoms with Crippen LogP contribution in [-0.4, -0.2) is 22.2 Å². The van der Waals surface area contributed by atoms with Crippen LogP contribution in [0, 0.1) is 5.82 Å². The molecule has 0 radical (unpaired) electrons. The van der Waals surface area contributed by atoms with Crippen molar-refractivity contribution in [3.05, 3.63) is 29.6 Å². The Morgan fingerprint density at radius 3 is 2.79 bits per heavy atom. The second-order valence-corrected chi connectivity index (χ2v) is 2.90. The van der Waals surface area contributed by atoms with Gasteiger partial charge in [-0.2, -0.15) is 0 Å². The molecule has 5 heteroatoms. The number of hydrogen-bond acceptors (Lipinski definition) is 3. The molecule has 0 spiro atoms. The van der Waals surface area contributed by atoms with E-state index in [9.17, 15) is 9.18 Å². The number of phenolic OH excluding ortho intramolecular Hbond substituents is 1. The fraction of sp³-hybridized carbons (Fsp3) is 0.222. The number of aliphatic carboxylic acids is 1. The highest BCUT2D eigenvalue weighted by molar-refractivity contribution is 5.73. The first kappa shape index (κ1) is 10.5. The number of phenols is 1. The van der Waals surface area contributed by atoms with E-state index < -0.39 is 23.6 Å². The van der Waals surface area contributed by atoms with Crippen molar-refractivity contribution in [2.24, 2.45) is 5.73 Å². The Kier molecular flexibility index (Phi) is 3.03. The topological polar surface area (TPSA) is 83.5 Å². The van der Waals surface area contributed by atoms with E-state index in [2.05, 4.69) is 0 Å². The van der Waals surface area contributed by atoms with Crippen LogP contribution in [0.4, 0.5) is 4.39 Å². The number of carboxylic acids is 1. The zero-order valence-electron chi connectivity index (χ0n) is 7.27. The molecule has 4 N–H and O–H groups in total. The van der Waals surface area contributed by atoms with E-state index in [4.69, 9.17) is 15.9 Å². The Morgan fingerprint density at radius 1 is 1.57 bits per heavy atom. The van der Waals surface area contributed by atoms with Gasteiger partial charge in [-0.05, 0) is 11.6 Å². The van der Waals surface area contributed by atoms with Gasteiger partial charge in [0.15, 0.2) is 11.6 Å². The molecule has 76 valence electrons. The van der Waals surface area contributed by atoms with Crippen LogP contribution < -0.4 is 5.73 Å². The Bertz CT molecular complexity index is 354. The minimum atomic E-state index is -1.20. The van der Waals surface area contributed by atoms with Gasteiger partial charge in [-0.3, -0.25) is 4.79 Å². The monoisotopic (exact) mass is 199 g/mol. The molecule has 0 saturated heterocycles. The van der Waals surface area contributed by atoms with E-state index in [1.165, 1.54) is 18.2 Å². The summed E-state index contributed by atoms with van der Waals surface area (Å²) < 4.78 is 13.1. The van der Waals surface area contributed by atoms with Gasteiger partial charge in [0.2, 0.25) is 0 Å². The van der Waals surface area contributed by atoms with Crippen molar-refractivity contribution < 1.29 is 19.4 Å². The Labute approximate surface area is 79.8 Å². The lowest BCUT2D eigenvalue weighted by Gasteiger charge is -2.07. The molecular weight excluding hydrogens is 189 g/mol. The standard InChI is InChI=1S/C9H10FNO3/c10-8-5(2-1-3-7(8)12)4-6(11)9(13)14/h1-3,6,12H,4,11H2,(H,13,14)/t6-/m0/s1. The first-order valence-corrected chi connectivity index (χ1v) is 3.97. The molecule has 1 atom stereocenters. The molecule has 0 heterocycles. The summed E-state index contributed by atoms with van der Waals surface area (Å²) in [7, 11) is 0. The Balaban J connectivity index is 2.87. The summed E-state index contributed by atoms with van der Waals surface area (Å²) in [5, 5.41) is 17.5. The number of carbonyl (C=O) groups is 1. The average molecular weight is 199 g/mol. The average Bonchev–Trinajstić information content (AvgIpc) is 2.12. The fourth-order valence-corrected chi connectivity index (χ4v) is 1.05. The first-order chi connectivity index (χ1) is 6.52. The molecule has 0 amide bonds. The van der Waals surface area contributed by atoms with E-state index in [0.717, 1.165) is 0 Å². The highest BCUT2D eigenvalue weighted by atomic mass is 19.1. The van der Waals surface area contributed by atoms with Gasteiger partial charge in [0.05, 0.1) is 0 Å². The van der Waals surface area contributed by atoms with Crippen LogP contribution in [0.2, 0.25) is 0 Å². The zero-order valence-corrected chi connectivity index (χ0v) is 7.27. The van der Waals surface area contributed by atoms with Gasteiger partial charge in [0.1, 0.15) is 6.04 Å². The first-order valence-electron chi connectivity index (χ1n) is 3.97. The number of hydrogen-bond donors (Lipinski definition) is 3. The third kappa shape index (κ3) is 2.20. The van der Waals surface area contributed by atoms with Crippen LogP contribution >= 0.6 is 0 Å². The predicted octanol–water partition coefficient (Wildman–Crippen LogP) is 0.486. The maximum absolute atomic E-state index is 13.1. The molecule has 0 fully saturated rings. The number of benzene rings is 1. The van der Waals surface area contributed by atoms with Crippen molar-refractivity contribution in [3.8, 4) is 5.75 Å². The van der Waals surface area contributed by atoms with Crippen LogP contribution in [0.5, 0.6) is 5.75 Å². The Morgan fingerprint density at radius 2 is 2.21 bits per heavy atom. The molecule has 0 saturated carbocycles. The maximum atomic E-state index is 13.1. The van der Waals surface area contributed by atoms with Gasteiger partial charge in [0, 0.05) is 6.42 Å². The second kappa shape index (κ2) is 4.06. The van der Waals surface area contributed by atoms with E-state index in [1.54, 1.807) is 0 Å². The third-order valence-corrected chi connectivity index (χ3v) is 1.82. The van der Waals surface area contributed by atoms with Crippen molar-refractivity contribution in [1.29, 1.82) is 0 Å². The molecule has 0 aliphatic heterocycles. The second-order valence-electron chi connectivity index (χ2n) is 2.90. The molecule has 1 aromatic rings. The lowest BCUT2D eigenvalue weighted by atomic mass is 10.1. The van der Waals surface area contributed by atoms with Gasteiger partial charge in [0.25, 0.3) is 0 Å². The molecule has 0 aliphatic carbocycles. The molecule has 1 rings (SSSR count). The summed E-state index contributed by atoms with van der Waals surface area (Å²) in [5.74, 6) is -2.52. The summed E-state index contributed by atoms with van der Waals surface area (Å²) in [5.41, 5.74) is 5.32. The minimum Gasteiger partial charge on any atom is -0.505 e. The zero-order chi connectivity index (χ0) is 10.7. The largest absolute Gasteiger partial charge is 0.505 e. The smallest absolute Gasteiger partial charge is 0.320 e. The SMILES string of the molecule is N[C@@H](Cc1cccc(O)c1F)C(=O)O.